The summed E-state index contributed by atoms with van der Waals surface area (Å²) in [5.74, 6) is 11.1. The Morgan fingerprint density at radius 3 is 1.71 bits per heavy atom. The highest BCUT2D eigenvalue weighted by molar-refractivity contribution is 8.05. The SMILES string of the molecule is SCCSCCCS[C@H](CS)CSC[C@H](CS)SCCS. The van der Waals surface area contributed by atoms with Gasteiger partial charge in [-0.25, -0.2) is 0 Å². The highest BCUT2D eigenvalue weighted by Crippen LogP contribution is 2.23. The van der Waals surface area contributed by atoms with Gasteiger partial charge in [-0.1, -0.05) is 0 Å². The molecule has 0 fully saturated rings. The van der Waals surface area contributed by atoms with Gasteiger partial charge in [0.1, 0.15) is 0 Å². The van der Waals surface area contributed by atoms with Crippen LogP contribution in [0, 0.1) is 0 Å². The molecule has 0 amide bonds. The first-order valence-electron chi connectivity index (χ1n) is 7.10. The van der Waals surface area contributed by atoms with Crippen molar-refractivity contribution in [3.05, 3.63) is 0 Å². The summed E-state index contributed by atoms with van der Waals surface area (Å²) in [7, 11) is 0. The van der Waals surface area contributed by atoms with Gasteiger partial charge < -0.3 is 0 Å². The molecule has 0 bridgehead atoms. The lowest BCUT2D eigenvalue weighted by molar-refractivity contribution is 1.08. The van der Waals surface area contributed by atoms with Crippen LogP contribution in [0.3, 0.4) is 0 Å². The zero-order valence-electron chi connectivity index (χ0n) is 12.4. The molecule has 0 saturated heterocycles. The maximum atomic E-state index is 4.50. The van der Waals surface area contributed by atoms with E-state index < -0.39 is 0 Å². The zero-order valence-corrected chi connectivity index (χ0v) is 19.2. The summed E-state index contributed by atoms with van der Waals surface area (Å²) >= 11 is 25.6. The van der Waals surface area contributed by atoms with Gasteiger partial charge in [0.25, 0.3) is 0 Å². The third kappa shape index (κ3) is 16.0. The van der Waals surface area contributed by atoms with Crippen molar-refractivity contribution in [2.45, 2.75) is 16.9 Å². The van der Waals surface area contributed by atoms with E-state index in [0.29, 0.717) is 10.5 Å². The van der Waals surface area contributed by atoms with Gasteiger partial charge in [0.05, 0.1) is 0 Å². The Hall–Kier alpha value is 2.80. The third-order valence-electron chi connectivity index (χ3n) is 2.48. The van der Waals surface area contributed by atoms with E-state index >= 15 is 0 Å². The van der Waals surface area contributed by atoms with Gasteiger partial charge in [-0.2, -0.15) is 97.6 Å². The monoisotopic (exact) mass is 440 g/mol. The first kappa shape index (κ1) is 23.8. The summed E-state index contributed by atoms with van der Waals surface area (Å²) < 4.78 is 0. The lowest BCUT2D eigenvalue weighted by atomic mass is 10.5. The number of thioether (sulfide) groups is 4. The van der Waals surface area contributed by atoms with Gasteiger partial charge >= 0.3 is 0 Å². The molecule has 0 heterocycles. The summed E-state index contributed by atoms with van der Waals surface area (Å²) in [6.45, 7) is 0. The maximum Gasteiger partial charge on any atom is 0.0226 e. The normalized spacial score (nSPS) is 14.3. The molecular weight excluding hydrogens is 413 g/mol. The largest absolute Gasteiger partial charge is 0.179 e. The fraction of sp³-hybridized carbons (Fsp3) is 1.00. The Labute approximate surface area is 170 Å². The smallest absolute Gasteiger partial charge is 0.0226 e. The lowest BCUT2D eigenvalue weighted by Gasteiger charge is -2.17. The second-order valence-corrected chi connectivity index (χ2v) is 11.0. The fourth-order valence-corrected chi connectivity index (χ4v) is 7.78. The minimum Gasteiger partial charge on any atom is -0.179 e. The molecule has 128 valence electrons. The summed E-state index contributed by atoms with van der Waals surface area (Å²) in [6.07, 6.45) is 1.30. The second-order valence-electron chi connectivity index (χ2n) is 4.30. The topological polar surface area (TPSA) is 0 Å². The molecule has 0 unspecified atom stereocenters. The van der Waals surface area contributed by atoms with Crippen LogP contribution in [0.15, 0.2) is 0 Å². The molecule has 0 saturated carbocycles. The molecule has 0 aliphatic carbocycles. The average Bonchev–Trinajstić information content (AvgIpc) is 2.51. The number of rotatable bonds is 16. The molecule has 0 rings (SSSR count). The Kier molecular flexibility index (Phi) is 21.7. The van der Waals surface area contributed by atoms with Crippen LogP contribution in [-0.4, -0.2) is 68.0 Å². The predicted octanol–water partition coefficient (Wildman–Crippen LogP) is 4.77. The molecule has 2 atom stereocenters. The van der Waals surface area contributed by atoms with Gasteiger partial charge in [-0.15, -0.1) is 0 Å². The van der Waals surface area contributed by atoms with Crippen molar-refractivity contribution in [3.63, 3.8) is 0 Å². The quantitative estimate of drug-likeness (QED) is 0.202. The molecule has 0 aliphatic rings. The molecule has 0 radical (unpaired) electrons. The van der Waals surface area contributed by atoms with Gasteiger partial charge in [0.15, 0.2) is 0 Å². The van der Waals surface area contributed by atoms with E-state index in [1.807, 2.05) is 23.5 Å². The van der Waals surface area contributed by atoms with Gasteiger partial charge in [0, 0.05) is 45.0 Å². The van der Waals surface area contributed by atoms with Crippen molar-refractivity contribution in [1.29, 1.82) is 0 Å². The van der Waals surface area contributed by atoms with E-state index in [1.54, 1.807) is 0 Å². The summed E-state index contributed by atoms with van der Waals surface area (Å²) in [5.41, 5.74) is 0. The summed E-state index contributed by atoms with van der Waals surface area (Å²) in [5, 5.41) is 1.34. The minimum atomic E-state index is 0.661. The van der Waals surface area contributed by atoms with Crippen LogP contribution in [-0.2, 0) is 0 Å². The van der Waals surface area contributed by atoms with Crippen LogP contribution in [0.4, 0.5) is 0 Å². The predicted molar refractivity (Wildman–Crippen MR) is 127 cm³/mol. The molecular formula is C13H28S8. The van der Waals surface area contributed by atoms with Crippen LogP contribution in [0.25, 0.3) is 0 Å². The lowest BCUT2D eigenvalue weighted by Crippen LogP contribution is -2.14. The Bertz CT molecular complexity index is 205. The van der Waals surface area contributed by atoms with Crippen LogP contribution < -0.4 is 0 Å². The van der Waals surface area contributed by atoms with Crippen molar-refractivity contribution in [2.24, 2.45) is 0 Å². The Morgan fingerprint density at radius 1 is 0.619 bits per heavy atom. The van der Waals surface area contributed by atoms with Crippen molar-refractivity contribution in [2.75, 3.05) is 57.5 Å². The van der Waals surface area contributed by atoms with Crippen molar-refractivity contribution in [3.8, 4) is 0 Å². The molecule has 0 aromatic rings. The van der Waals surface area contributed by atoms with E-state index in [1.165, 1.54) is 35.2 Å². The van der Waals surface area contributed by atoms with Crippen molar-refractivity contribution >= 4 is 97.6 Å². The van der Waals surface area contributed by atoms with Crippen molar-refractivity contribution < 1.29 is 0 Å². The van der Waals surface area contributed by atoms with Gasteiger partial charge in [-0.05, 0) is 29.4 Å². The highest BCUT2D eigenvalue weighted by Gasteiger charge is 2.11. The van der Waals surface area contributed by atoms with Crippen molar-refractivity contribution in [1.82, 2.24) is 0 Å². The molecule has 8 heteroatoms. The van der Waals surface area contributed by atoms with Gasteiger partial charge in [-0.3, -0.25) is 0 Å². The molecule has 0 spiro atoms. The van der Waals surface area contributed by atoms with E-state index in [0.717, 1.165) is 28.8 Å². The van der Waals surface area contributed by atoms with Crippen LogP contribution in [0.1, 0.15) is 6.42 Å². The molecule has 0 aliphatic heterocycles. The Morgan fingerprint density at radius 2 is 1.19 bits per heavy atom. The zero-order chi connectivity index (χ0) is 15.8. The number of hydrogen-bond acceptors (Lipinski definition) is 8. The first-order chi connectivity index (χ1) is 10.3. The standard InChI is InChI=1S/C13H28S8/c14-2-6-18-4-1-5-20-12(8-16)10-19-11-13(9-17)21-7-3-15/h12-17H,1-11H2/t12-,13+/m1/s1. The molecule has 0 nitrogen and oxygen atoms in total. The molecule has 21 heavy (non-hydrogen) atoms. The average molecular weight is 441 g/mol. The number of thiol groups is 4. The first-order valence-corrected chi connectivity index (χ1v) is 14.0. The molecule has 0 N–H and O–H groups in total. The fourth-order valence-electron chi connectivity index (χ4n) is 1.43. The van der Waals surface area contributed by atoms with Gasteiger partial charge in [0.2, 0.25) is 0 Å². The van der Waals surface area contributed by atoms with Crippen LogP contribution >= 0.6 is 97.6 Å². The van der Waals surface area contributed by atoms with E-state index in [-0.39, 0.29) is 0 Å². The van der Waals surface area contributed by atoms with Crippen LogP contribution in [0.5, 0.6) is 0 Å². The van der Waals surface area contributed by atoms with Crippen LogP contribution in [0.2, 0.25) is 0 Å². The summed E-state index contributed by atoms with van der Waals surface area (Å²) in [6, 6.07) is 0. The maximum absolute atomic E-state index is 4.50. The molecule has 0 aromatic carbocycles. The van der Waals surface area contributed by atoms with E-state index in [9.17, 15) is 0 Å². The highest BCUT2D eigenvalue weighted by atomic mass is 32.2. The van der Waals surface area contributed by atoms with E-state index in [4.69, 9.17) is 0 Å². The second kappa shape index (κ2) is 19.1. The van der Waals surface area contributed by atoms with E-state index in [2.05, 4.69) is 74.0 Å². The molecule has 0 aromatic heterocycles. The Balaban J connectivity index is 3.59. The summed E-state index contributed by atoms with van der Waals surface area (Å²) in [4.78, 5) is 0. The third-order valence-corrected chi connectivity index (χ3v) is 10.3. The number of hydrogen-bond donors (Lipinski definition) is 4. The minimum absolute atomic E-state index is 0.661.